The van der Waals surface area contributed by atoms with E-state index in [9.17, 15) is 9.59 Å². The Kier molecular flexibility index (Phi) is 7.68. The van der Waals surface area contributed by atoms with Gasteiger partial charge in [-0.05, 0) is 37.4 Å². The maximum Gasteiger partial charge on any atom is 0.321 e. The van der Waals surface area contributed by atoms with Crippen LogP contribution in [-0.4, -0.2) is 56.2 Å². The van der Waals surface area contributed by atoms with Crippen LogP contribution in [0.3, 0.4) is 0 Å². The van der Waals surface area contributed by atoms with Crippen LogP contribution < -0.4 is 20.3 Å². The Morgan fingerprint density at radius 3 is 2.70 bits per heavy atom. The molecule has 2 aromatic rings. The summed E-state index contributed by atoms with van der Waals surface area (Å²) in [5.41, 5.74) is 2.17. The number of para-hydroxylation sites is 1. The van der Waals surface area contributed by atoms with Gasteiger partial charge in [0.1, 0.15) is 12.4 Å². The summed E-state index contributed by atoms with van der Waals surface area (Å²) in [4.78, 5) is 28.5. The highest BCUT2D eigenvalue weighted by atomic mass is 16.5. The lowest BCUT2D eigenvalue weighted by molar-refractivity contribution is 0.0950. The molecule has 0 atom stereocenters. The van der Waals surface area contributed by atoms with Crippen molar-refractivity contribution in [2.24, 2.45) is 0 Å². The molecule has 1 heterocycles. The van der Waals surface area contributed by atoms with Crippen molar-refractivity contribution < 1.29 is 14.3 Å². The minimum atomic E-state index is -0.186. The van der Waals surface area contributed by atoms with Gasteiger partial charge in [0.15, 0.2) is 0 Å². The van der Waals surface area contributed by atoms with Gasteiger partial charge in [0.25, 0.3) is 5.91 Å². The Labute approximate surface area is 178 Å². The predicted molar refractivity (Wildman–Crippen MR) is 118 cm³/mol. The number of nitrogens with zero attached hydrogens (tertiary/aromatic N) is 2. The van der Waals surface area contributed by atoms with Crippen LogP contribution in [0.1, 0.15) is 29.8 Å². The normalized spacial score (nSPS) is 13.4. The maximum absolute atomic E-state index is 12.7. The molecule has 2 N–H and O–H groups in total. The largest absolute Gasteiger partial charge is 0.492 e. The number of anilines is 1. The van der Waals surface area contributed by atoms with E-state index in [1.807, 2.05) is 30.3 Å². The first-order valence-electron chi connectivity index (χ1n) is 10.5. The molecule has 7 nitrogen and oxygen atoms in total. The smallest absolute Gasteiger partial charge is 0.321 e. The van der Waals surface area contributed by atoms with Crippen LogP contribution in [0.2, 0.25) is 0 Å². The summed E-state index contributed by atoms with van der Waals surface area (Å²) in [6, 6.07) is 14.7. The van der Waals surface area contributed by atoms with Crippen LogP contribution in [0.25, 0.3) is 0 Å². The highest BCUT2D eigenvalue weighted by molar-refractivity contribution is 5.98. The molecule has 0 unspecified atom stereocenters. The highest BCUT2D eigenvalue weighted by Crippen LogP contribution is 2.20. The Morgan fingerprint density at radius 1 is 1.17 bits per heavy atom. The number of hydrogen-bond donors (Lipinski definition) is 2. The lowest BCUT2D eigenvalue weighted by Gasteiger charge is -2.19. The lowest BCUT2D eigenvalue weighted by Crippen LogP contribution is -2.29. The van der Waals surface area contributed by atoms with Crippen LogP contribution in [0.15, 0.2) is 48.5 Å². The number of benzene rings is 2. The van der Waals surface area contributed by atoms with Crippen molar-refractivity contribution in [1.82, 2.24) is 15.5 Å². The zero-order chi connectivity index (χ0) is 21.3. The molecule has 0 aliphatic carbocycles. The monoisotopic (exact) mass is 410 g/mol. The second-order valence-corrected chi connectivity index (χ2v) is 7.10. The standard InChI is InChI=1S/C23H30N4O3/c1-3-26(4-2)14-15-30-21-11-6-5-8-19(21)17-25-22(28)18-9-7-10-20(16-18)27-13-12-24-23(27)29/h5-11,16H,3-4,12-15,17H2,1-2H3,(H,24,29)(H,25,28). The fourth-order valence-corrected chi connectivity index (χ4v) is 3.43. The molecule has 0 radical (unpaired) electrons. The first kappa shape index (κ1) is 21.6. The molecule has 1 aliphatic rings. The Bertz CT molecular complexity index is 867. The first-order valence-corrected chi connectivity index (χ1v) is 10.5. The molecule has 0 saturated carbocycles. The topological polar surface area (TPSA) is 73.9 Å². The molecule has 3 amide bonds. The van der Waals surface area contributed by atoms with Crippen molar-refractivity contribution in [2.75, 3.05) is 44.2 Å². The maximum atomic E-state index is 12.7. The zero-order valence-corrected chi connectivity index (χ0v) is 17.7. The van der Waals surface area contributed by atoms with Gasteiger partial charge in [-0.2, -0.15) is 0 Å². The molecule has 0 aromatic heterocycles. The van der Waals surface area contributed by atoms with Gasteiger partial charge in [0.2, 0.25) is 0 Å². The summed E-state index contributed by atoms with van der Waals surface area (Å²) in [5.74, 6) is 0.599. The summed E-state index contributed by atoms with van der Waals surface area (Å²) < 4.78 is 5.96. The number of carbonyl (C=O) groups excluding carboxylic acids is 2. The molecule has 1 saturated heterocycles. The SMILES string of the molecule is CCN(CC)CCOc1ccccc1CNC(=O)c1cccc(N2CCNC2=O)c1. The van der Waals surface area contributed by atoms with Crippen molar-refractivity contribution in [3.05, 3.63) is 59.7 Å². The number of hydrogen-bond acceptors (Lipinski definition) is 4. The molecule has 1 aliphatic heterocycles. The lowest BCUT2D eigenvalue weighted by atomic mass is 10.1. The summed E-state index contributed by atoms with van der Waals surface area (Å²) in [6.45, 7) is 9.32. The fraction of sp³-hybridized carbons (Fsp3) is 0.391. The molecule has 0 bridgehead atoms. The van der Waals surface area contributed by atoms with E-state index in [0.29, 0.717) is 31.8 Å². The van der Waals surface area contributed by atoms with Gasteiger partial charge in [-0.3, -0.25) is 9.69 Å². The van der Waals surface area contributed by atoms with Gasteiger partial charge in [0, 0.05) is 43.0 Å². The summed E-state index contributed by atoms with van der Waals surface area (Å²) in [6.07, 6.45) is 0. The number of nitrogens with one attached hydrogen (secondary N) is 2. The highest BCUT2D eigenvalue weighted by Gasteiger charge is 2.21. The number of carbonyl (C=O) groups is 2. The summed E-state index contributed by atoms with van der Waals surface area (Å²) >= 11 is 0. The molecule has 160 valence electrons. The molecule has 7 heteroatoms. The Morgan fingerprint density at radius 2 is 1.97 bits per heavy atom. The van der Waals surface area contributed by atoms with Crippen LogP contribution in [0, 0.1) is 0 Å². The second kappa shape index (κ2) is 10.6. The molecule has 30 heavy (non-hydrogen) atoms. The number of ether oxygens (including phenoxy) is 1. The third-order valence-electron chi connectivity index (χ3n) is 5.25. The van der Waals surface area contributed by atoms with E-state index >= 15 is 0 Å². The summed E-state index contributed by atoms with van der Waals surface area (Å²) in [5, 5.41) is 5.73. The molecule has 3 rings (SSSR count). The van der Waals surface area contributed by atoms with Gasteiger partial charge in [0.05, 0.1) is 0 Å². The number of amides is 3. The van der Waals surface area contributed by atoms with Gasteiger partial charge < -0.3 is 20.3 Å². The number of likely N-dealkylation sites (N-methyl/N-ethyl adjacent to an activating group) is 1. The summed E-state index contributed by atoms with van der Waals surface area (Å²) in [7, 11) is 0. The number of rotatable bonds is 10. The average molecular weight is 411 g/mol. The van der Waals surface area contributed by atoms with Crippen LogP contribution in [0.4, 0.5) is 10.5 Å². The molecule has 2 aromatic carbocycles. The van der Waals surface area contributed by atoms with Crippen LogP contribution in [0.5, 0.6) is 5.75 Å². The van der Waals surface area contributed by atoms with Crippen molar-refractivity contribution in [2.45, 2.75) is 20.4 Å². The molecule has 1 fully saturated rings. The molecule has 0 spiro atoms. The van der Waals surface area contributed by atoms with Gasteiger partial charge in [-0.15, -0.1) is 0 Å². The van der Waals surface area contributed by atoms with Crippen LogP contribution in [-0.2, 0) is 6.54 Å². The quantitative estimate of drug-likeness (QED) is 0.632. The van der Waals surface area contributed by atoms with E-state index < -0.39 is 0 Å². The first-order chi connectivity index (χ1) is 14.6. The van der Waals surface area contributed by atoms with E-state index in [1.165, 1.54) is 0 Å². The third-order valence-corrected chi connectivity index (χ3v) is 5.25. The fourth-order valence-electron chi connectivity index (χ4n) is 3.43. The molecular formula is C23H30N4O3. The van der Waals surface area contributed by atoms with E-state index in [-0.39, 0.29) is 11.9 Å². The minimum Gasteiger partial charge on any atom is -0.492 e. The van der Waals surface area contributed by atoms with Crippen molar-refractivity contribution >= 4 is 17.6 Å². The minimum absolute atomic E-state index is 0.136. The van der Waals surface area contributed by atoms with Crippen molar-refractivity contribution in [3.8, 4) is 5.75 Å². The van der Waals surface area contributed by atoms with Crippen molar-refractivity contribution in [3.63, 3.8) is 0 Å². The Hall–Kier alpha value is -3.06. The predicted octanol–water partition coefficient (Wildman–Crippen LogP) is 2.87. The van der Waals surface area contributed by atoms with E-state index in [2.05, 4.69) is 29.4 Å². The van der Waals surface area contributed by atoms with E-state index in [1.54, 1.807) is 23.1 Å². The third kappa shape index (κ3) is 5.51. The van der Waals surface area contributed by atoms with E-state index in [4.69, 9.17) is 4.74 Å². The second-order valence-electron chi connectivity index (χ2n) is 7.10. The number of urea groups is 1. The zero-order valence-electron chi connectivity index (χ0n) is 17.7. The van der Waals surface area contributed by atoms with Gasteiger partial charge in [-0.1, -0.05) is 38.1 Å². The van der Waals surface area contributed by atoms with Gasteiger partial charge in [-0.25, -0.2) is 4.79 Å². The van der Waals surface area contributed by atoms with Gasteiger partial charge >= 0.3 is 6.03 Å². The average Bonchev–Trinajstić information content (AvgIpc) is 3.21. The molecular weight excluding hydrogens is 380 g/mol. The van der Waals surface area contributed by atoms with E-state index in [0.717, 1.165) is 36.6 Å². The Balaban J connectivity index is 1.59. The van der Waals surface area contributed by atoms with Crippen LogP contribution >= 0.6 is 0 Å². The van der Waals surface area contributed by atoms with Crippen molar-refractivity contribution in [1.29, 1.82) is 0 Å².